The number of aromatic nitrogens is 2. The summed E-state index contributed by atoms with van der Waals surface area (Å²) in [6, 6.07) is 8.93. The zero-order valence-corrected chi connectivity index (χ0v) is 16.1. The third-order valence-corrected chi connectivity index (χ3v) is 5.84. The number of hydrogen-bond acceptors (Lipinski definition) is 3. The Morgan fingerprint density at radius 3 is 2.72 bits per heavy atom. The Morgan fingerprint density at radius 2 is 2.04 bits per heavy atom. The van der Waals surface area contributed by atoms with Gasteiger partial charge in [-0.05, 0) is 49.8 Å². The van der Waals surface area contributed by atoms with Gasteiger partial charge >= 0.3 is 0 Å². The largest absolute Gasteiger partial charge is 0.339 e. The van der Waals surface area contributed by atoms with Crippen LogP contribution in [0, 0.1) is 0 Å². The van der Waals surface area contributed by atoms with E-state index in [0.717, 1.165) is 30.2 Å². The van der Waals surface area contributed by atoms with Gasteiger partial charge in [0.15, 0.2) is 5.16 Å². The van der Waals surface area contributed by atoms with Crippen LogP contribution in [0.15, 0.2) is 41.8 Å². The van der Waals surface area contributed by atoms with Crippen molar-refractivity contribution in [1.82, 2.24) is 14.5 Å². The van der Waals surface area contributed by atoms with Gasteiger partial charge in [0.05, 0.1) is 5.75 Å². The van der Waals surface area contributed by atoms with Crippen LogP contribution in [0.1, 0.15) is 51.5 Å². The molecule has 1 aromatic carbocycles. The number of carbonyl (C=O) groups excluding carboxylic acids is 1. The van der Waals surface area contributed by atoms with E-state index in [1.54, 1.807) is 6.20 Å². The van der Waals surface area contributed by atoms with Gasteiger partial charge in [0.1, 0.15) is 0 Å². The van der Waals surface area contributed by atoms with E-state index < -0.39 is 0 Å². The Bertz CT molecular complexity index is 708. The molecule has 3 rings (SSSR count). The predicted molar refractivity (Wildman–Crippen MR) is 103 cm³/mol. The number of thioether (sulfide) groups is 1. The van der Waals surface area contributed by atoms with Crippen LogP contribution in [0.2, 0.25) is 0 Å². The minimum Gasteiger partial charge on any atom is -0.339 e. The molecule has 0 spiro atoms. The number of likely N-dealkylation sites (tertiary alicyclic amines) is 1. The summed E-state index contributed by atoms with van der Waals surface area (Å²) in [6.45, 7) is 7.44. The van der Waals surface area contributed by atoms with Crippen molar-refractivity contribution in [2.45, 2.75) is 57.1 Å². The molecule has 1 aliphatic rings. The molecule has 1 atom stereocenters. The SMILES string of the molecule is CC(C)c1ccc(-n2ccnc2SCC(=O)N2CCCCC2C)cc1. The van der Waals surface area contributed by atoms with Crippen molar-refractivity contribution >= 4 is 17.7 Å². The summed E-state index contributed by atoms with van der Waals surface area (Å²) in [5, 5.41) is 0.871. The normalized spacial score (nSPS) is 17.9. The first kappa shape index (κ1) is 18.1. The van der Waals surface area contributed by atoms with Gasteiger partial charge in [-0.3, -0.25) is 9.36 Å². The van der Waals surface area contributed by atoms with E-state index in [4.69, 9.17) is 0 Å². The van der Waals surface area contributed by atoms with Gasteiger partial charge in [-0.2, -0.15) is 0 Å². The molecule has 1 amide bonds. The Balaban J connectivity index is 1.66. The summed E-state index contributed by atoms with van der Waals surface area (Å²) in [7, 11) is 0. The molecule has 134 valence electrons. The van der Waals surface area contributed by atoms with Crippen molar-refractivity contribution in [3.05, 3.63) is 42.2 Å². The number of hydrogen-bond donors (Lipinski definition) is 0. The van der Waals surface area contributed by atoms with E-state index in [-0.39, 0.29) is 5.91 Å². The van der Waals surface area contributed by atoms with E-state index in [1.165, 1.54) is 23.7 Å². The Labute approximate surface area is 154 Å². The lowest BCUT2D eigenvalue weighted by Crippen LogP contribution is -2.42. The summed E-state index contributed by atoms with van der Waals surface area (Å²) in [6.07, 6.45) is 7.23. The van der Waals surface area contributed by atoms with Crippen LogP contribution in [0.3, 0.4) is 0 Å². The fourth-order valence-corrected chi connectivity index (χ4v) is 4.15. The topological polar surface area (TPSA) is 38.1 Å². The smallest absolute Gasteiger partial charge is 0.233 e. The van der Waals surface area contributed by atoms with Gasteiger partial charge in [0, 0.05) is 30.7 Å². The molecule has 0 bridgehead atoms. The lowest BCUT2D eigenvalue weighted by Gasteiger charge is -2.33. The maximum absolute atomic E-state index is 12.5. The molecule has 1 fully saturated rings. The Hall–Kier alpha value is -1.75. The van der Waals surface area contributed by atoms with Crippen LogP contribution < -0.4 is 0 Å². The number of benzene rings is 1. The Morgan fingerprint density at radius 1 is 1.28 bits per heavy atom. The molecule has 1 aliphatic heterocycles. The predicted octanol–water partition coefficient (Wildman–Crippen LogP) is 4.49. The average Bonchev–Trinajstić information content (AvgIpc) is 3.08. The molecule has 2 aromatic rings. The van der Waals surface area contributed by atoms with Crippen molar-refractivity contribution in [1.29, 1.82) is 0 Å². The van der Waals surface area contributed by atoms with Crippen LogP contribution in [-0.4, -0.2) is 38.7 Å². The molecule has 0 radical (unpaired) electrons. The lowest BCUT2D eigenvalue weighted by molar-refractivity contribution is -0.131. The summed E-state index contributed by atoms with van der Waals surface area (Å²) >= 11 is 1.52. The van der Waals surface area contributed by atoms with Crippen LogP contribution in [-0.2, 0) is 4.79 Å². The highest BCUT2D eigenvalue weighted by Gasteiger charge is 2.23. The first-order chi connectivity index (χ1) is 12.1. The summed E-state index contributed by atoms with van der Waals surface area (Å²) < 4.78 is 2.06. The molecule has 0 aliphatic carbocycles. The molecule has 0 N–H and O–H groups in total. The third-order valence-electron chi connectivity index (χ3n) is 4.89. The summed E-state index contributed by atoms with van der Waals surface area (Å²) in [4.78, 5) is 19.0. The highest BCUT2D eigenvalue weighted by molar-refractivity contribution is 7.99. The van der Waals surface area contributed by atoms with E-state index in [9.17, 15) is 4.79 Å². The molecule has 1 unspecified atom stereocenters. The first-order valence-corrected chi connectivity index (χ1v) is 10.1. The van der Waals surface area contributed by atoms with E-state index in [2.05, 4.69) is 54.6 Å². The van der Waals surface area contributed by atoms with Crippen molar-refractivity contribution < 1.29 is 4.79 Å². The quantitative estimate of drug-likeness (QED) is 0.740. The van der Waals surface area contributed by atoms with E-state index >= 15 is 0 Å². The monoisotopic (exact) mass is 357 g/mol. The highest BCUT2D eigenvalue weighted by Crippen LogP contribution is 2.24. The third kappa shape index (κ3) is 4.27. The van der Waals surface area contributed by atoms with Crippen molar-refractivity contribution in [2.24, 2.45) is 0 Å². The maximum atomic E-state index is 12.5. The molecular formula is C20H27N3OS. The van der Waals surface area contributed by atoms with E-state index in [0.29, 0.717) is 17.7 Å². The van der Waals surface area contributed by atoms with Crippen LogP contribution >= 0.6 is 11.8 Å². The zero-order chi connectivity index (χ0) is 17.8. The van der Waals surface area contributed by atoms with Gasteiger partial charge in [-0.1, -0.05) is 37.7 Å². The number of piperidine rings is 1. The number of carbonyl (C=O) groups is 1. The second-order valence-electron chi connectivity index (χ2n) is 7.05. The highest BCUT2D eigenvalue weighted by atomic mass is 32.2. The number of imidazole rings is 1. The van der Waals surface area contributed by atoms with Crippen LogP contribution in [0.25, 0.3) is 5.69 Å². The lowest BCUT2D eigenvalue weighted by atomic mass is 10.0. The fraction of sp³-hybridized carbons (Fsp3) is 0.500. The van der Waals surface area contributed by atoms with Crippen molar-refractivity contribution in [2.75, 3.05) is 12.3 Å². The molecule has 25 heavy (non-hydrogen) atoms. The first-order valence-electron chi connectivity index (χ1n) is 9.12. The fourth-order valence-electron chi connectivity index (χ4n) is 3.29. The van der Waals surface area contributed by atoms with Crippen molar-refractivity contribution in [3.8, 4) is 5.69 Å². The number of rotatable bonds is 5. The van der Waals surface area contributed by atoms with Crippen LogP contribution in [0.5, 0.6) is 0 Å². The van der Waals surface area contributed by atoms with Gasteiger partial charge in [-0.25, -0.2) is 4.98 Å². The average molecular weight is 358 g/mol. The van der Waals surface area contributed by atoms with Gasteiger partial charge in [0.2, 0.25) is 5.91 Å². The van der Waals surface area contributed by atoms with E-state index in [1.807, 2.05) is 11.1 Å². The molecule has 5 heteroatoms. The molecular weight excluding hydrogens is 330 g/mol. The minimum absolute atomic E-state index is 0.224. The molecule has 2 heterocycles. The molecule has 4 nitrogen and oxygen atoms in total. The standard InChI is InChI=1S/C20H27N3OS/c1-15(2)17-7-9-18(10-8-17)23-13-11-21-20(23)25-14-19(24)22-12-5-4-6-16(22)3/h7-11,13,15-16H,4-6,12,14H2,1-3H3. The molecule has 0 saturated carbocycles. The van der Waals surface area contributed by atoms with Crippen LogP contribution in [0.4, 0.5) is 0 Å². The second-order valence-corrected chi connectivity index (χ2v) is 7.99. The molecule has 1 aromatic heterocycles. The maximum Gasteiger partial charge on any atom is 0.233 e. The zero-order valence-electron chi connectivity index (χ0n) is 15.3. The number of amides is 1. The van der Waals surface area contributed by atoms with Gasteiger partial charge in [0.25, 0.3) is 0 Å². The summed E-state index contributed by atoms with van der Waals surface area (Å²) in [5.41, 5.74) is 2.41. The summed E-state index contributed by atoms with van der Waals surface area (Å²) in [5.74, 6) is 1.20. The Kier molecular flexibility index (Phi) is 5.84. The minimum atomic E-state index is 0.224. The number of nitrogens with zero attached hydrogens (tertiary/aromatic N) is 3. The van der Waals surface area contributed by atoms with Crippen molar-refractivity contribution in [3.63, 3.8) is 0 Å². The molecule has 1 saturated heterocycles. The van der Waals surface area contributed by atoms with Gasteiger partial charge in [-0.15, -0.1) is 0 Å². The second kappa shape index (κ2) is 8.09. The van der Waals surface area contributed by atoms with Gasteiger partial charge < -0.3 is 4.90 Å².